The molecule has 0 unspecified atom stereocenters. The molecule has 0 spiro atoms. The molecule has 1 fully saturated rings. The number of halogens is 1. The largest absolute Gasteiger partial charge is 0.495 e. The Kier molecular flexibility index (Phi) is 4.86. The number of nitrogens with one attached hydrogen (secondary N) is 2. The van der Waals surface area contributed by atoms with Crippen LogP contribution in [0.25, 0.3) is 0 Å². The molecule has 1 aromatic carbocycles. The Bertz CT molecular complexity index is 686. The van der Waals surface area contributed by atoms with Gasteiger partial charge in [0.1, 0.15) is 11.6 Å². The molecular formula is C17H21ClN4O. The normalized spacial score (nSPS) is 14.7. The molecule has 1 heterocycles. The summed E-state index contributed by atoms with van der Waals surface area (Å²) >= 11 is 6.07. The molecule has 0 amide bonds. The van der Waals surface area contributed by atoms with Gasteiger partial charge < -0.3 is 15.4 Å². The molecular weight excluding hydrogens is 312 g/mol. The van der Waals surface area contributed by atoms with E-state index < -0.39 is 0 Å². The summed E-state index contributed by atoms with van der Waals surface area (Å²) in [4.78, 5) is 9.01. The second-order valence-electron chi connectivity index (χ2n) is 5.81. The van der Waals surface area contributed by atoms with Crippen molar-refractivity contribution in [1.29, 1.82) is 0 Å². The highest BCUT2D eigenvalue weighted by atomic mass is 35.5. The van der Waals surface area contributed by atoms with Gasteiger partial charge in [-0.05, 0) is 38.0 Å². The van der Waals surface area contributed by atoms with Crippen molar-refractivity contribution < 1.29 is 4.74 Å². The highest BCUT2D eigenvalue weighted by Gasteiger charge is 2.16. The number of benzene rings is 1. The number of nitrogens with zero attached hydrogens (tertiary/aromatic N) is 2. The summed E-state index contributed by atoms with van der Waals surface area (Å²) in [5.41, 5.74) is 1.65. The lowest BCUT2D eigenvalue weighted by atomic mass is 10.2. The highest BCUT2D eigenvalue weighted by Crippen LogP contribution is 2.30. The smallest absolute Gasteiger partial charge is 0.229 e. The number of hydrogen-bond acceptors (Lipinski definition) is 5. The van der Waals surface area contributed by atoms with Gasteiger partial charge in [-0.1, -0.05) is 24.4 Å². The predicted molar refractivity (Wildman–Crippen MR) is 93.9 cm³/mol. The number of rotatable bonds is 5. The lowest BCUT2D eigenvalue weighted by molar-refractivity contribution is 0.417. The van der Waals surface area contributed by atoms with Gasteiger partial charge in [0, 0.05) is 22.8 Å². The van der Waals surface area contributed by atoms with E-state index in [1.807, 2.05) is 19.1 Å². The van der Waals surface area contributed by atoms with Crippen LogP contribution in [0.4, 0.5) is 17.5 Å². The molecule has 0 radical (unpaired) electrons. The Hall–Kier alpha value is -2.01. The summed E-state index contributed by atoms with van der Waals surface area (Å²) < 4.78 is 5.35. The van der Waals surface area contributed by atoms with Gasteiger partial charge >= 0.3 is 0 Å². The van der Waals surface area contributed by atoms with Gasteiger partial charge in [-0.2, -0.15) is 4.98 Å². The fourth-order valence-corrected chi connectivity index (χ4v) is 3.05. The molecule has 3 rings (SSSR count). The third-order valence-corrected chi connectivity index (χ3v) is 4.20. The third kappa shape index (κ3) is 4.05. The summed E-state index contributed by atoms with van der Waals surface area (Å²) in [5, 5.41) is 7.33. The fraction of sp³-hybridized carbons (Fsp3) is 0.412. The van der Waals surface area contributed by atoms with Crippen LogP contribution in [0.15, 0.2) is 24.3 Å². The molecule has 0 atom stereocenters. The number of aryl methyl sites for hydroxylation is 1. The first-order valence-electron chi connectivity index (χ1n) is 7.87. The lowest BCUT2D eigenvalue weighted by Gasteiger charge is -2.15. The molecule has 2 aromatic rings. The SMILES string of the molecule is COc1ccc(Cl)cc1Nc1nc(C)cc(NC2CCCC2)n1. The maximum absolute atomic E-state index is 6.07. The van der Waals surface area contributed by atoms with E-state index in [4.69, 9.17) is 16.3 Å². The number of methoxy groups -OCH3 is 1. The number of hydrogen-bond donors (Lipinski definition) is 2. The zero-order valence-corrected chi connectivity index (χ0v) is 14.2. The second kappa shape index (κ2) is 7.04. The monoisotopic (exact) mass is 332 g/mol. The number of ether oxygens (including phenoxy) is 1. The lowest BCUT2D eigenvalue weighted by Crippen LogP contribution is -2.16. The molecule has 122 valence electrons. The average molecular weight is 333 g/mol. The van der Waals surface area contributed by atoms with Crippen molar-refractivity contribution in [3.8, 4) is 5.75 Å². The molecule has 1 aliphatic rings. The highest BCUT2D eigenvalue weighted by molar-refractivity contribution is 6.31. The van der Waals surface area contributed by atoms with Crippen LogP contribution in [0.1, 0.15) is 31.4 Å². The average Bonchev–Trinajstić information content (AvgIpc) is 3.00. The molecule has 6 heteroatoms. The first-order valence-corrected chi connectivity index (χ1v) is 8.24. The second-order valence-corrected chi connectivity index (χ2v) is 6.25. The van der Waals surface area contributed by atoms with E-state index in [0.29, 0.717) is 22.8 Å². The quantitative estimate of drug-likeness (QED) is 0.841. The van der Waals surface area contributed by atoms with Gasteiger partial charge in [-0.3, -0.25) is 0 Å². The van der Waals surface area contributed by atoms with Crippen molar-refractivity contribution in [1.82, 2.24) is 9.97 Å². The zero-order chi connectivity index (χ0) is 16.2. The third-order valence-electron chi connectivity index (χ3n) is 3.97. The van der Waals surface area contributed by atoms with Crippen molar-refractivity contribution >= 4 is 29.1 Å². The number of aromatic nitrogens is 2. The van der Waals surface area contributed by atoms with E-state index in [1.165, 1.54) is 25.7 Å². The maximum atomic E-state index is 6.07. The maximum Gasteiger partial charge on any atom is 0.229 e. The minimum absolute atomic E-state index is 0.512. The molecule has 0 saturated heterocycles. The van der Waals surface area contributed by atoms with Crippen molar-refractivity contribution in [2.24, 2.45) is 0 Å². The topological polar surface area (TPSA) is 59.1 Å². The van der Waals surface area contributed by atoms with E-state index in [-0.39, 0.29) is 0 Å². The first kappa shape index (κ1) is 15.9. The van der Waals surface area contributed by atoms with Crippen LogP contribution < -0.4 is 15.4 Å². The Labute approximate surface area is 141 Å². The summed E-state index contributed by atoms with van der Waals surface area (Å²) in [6.45, 7) is 1.96. The standard InChI is InChI=1S/C17H21ClN4O/c1-11-9-16(20-13-5-3-4-6-13)22-17(19-11)21-14-10-12(18)7-8-15(14)23-2/h7-10,13H,3-6H2,1-2H3,(H2,19,20,21,22). The molecule has 1 aromatic heterocycles. The van der Waals surface area contributed by atoms with E-state index in [2.05, 4.69) is 20.6 Å². The molecule has 23 heavy (non-hydrogen) atoms. The van der Waals surface area contributed by atoms with Gasteiger partial charge in [-0.25, -0.2) is 4.98 Å². The Balaban J connectivity index is 1.82. The molecule has 0 aliphatic heterocycles. The number of anilines is 3. The molecule has 1 aliphatic carbocycles. The minimum Gasteiger partial charge on any atom is -0.495 e. The summed E-state index contributed by atoms with van der Waals surface area (Å²) in [6.07, 6.45) is 4.97. The van der Waals surface area contributed by atoms with Crippen LogP contribution in [0, 0.1) is 6.92 Å². The van der Waals surface area contributed by atoms with Crippen LogP contribution in [0.5, 0.6) is 5.75 Å². The Morgan fingerprint density at radius 2 is 1.96 bits per heavy atom. The van der Waals surface area contributed by atoms with Crippen molar-refractivity contribution in [3.63, 3.8) is 0 Å². The van der Waals surface area contributed by atoms with Crippen molar-refractivity contribution in [2.45, 2.75) is 38.6 Å². The van der Waals surface area contributed by atoms with Gasteiger partial charge in [0.2, 0.25) is 5.95 Å². The van der Waals surface area contributed by atoms with Crippen LogP contribution >= 0.6 is 11.6 Å². The zero-order valence-electron chi connectivity index (χ0n) is 13.4. The van der Waals surface area contributed by atoms with Gasteiger partial charge in [0.15, 0.2) is 0 Å². The van der Waals surface area contributed by atoms with Crippen molar-refractivity contribution in [2.75, 3.05) is 17.7 Å². The Morgan fingerprint density at radius 1 is 1.17 bits per heavy atom. The van der Waals surface area contributed by atoms with Crippen LogP contribution in [0.3, 0.4) is 0 Å². The van der Waals surface area contributed by atoms with E-state index in [0.717, 1.165) is 17.2 Å². The van der Waals surface area contributed by atoms with Crippen LogP contribution in [0.2, 0.25) is 5.02 Å². The summed E-state index contributed by atoms with van der Waals surface area (Å²) in [7, 11) is 1.62. The van der Waals surface area contributed by atoms with Gasteiger partial charge in [0.25, 0.3) is 0 Å². The van der Waals surface area contributed by atoms with Gasteiger partial charge in [-0.15, -0.1) is 0 Å². The fourth-order valence-electron chi connectivity index (χ4n) is 2.88. The summed E-state index contributed by atoms with van der Waals surface area (Å²) in [6, 6.07) is 7.89. The van der Waals surface area contributed by atoms with Crippen molar-refractivity contribution in [3.05, 3.63) is 35.0 Å². The molecule has 0 bridgehead atoms. The molecule has 2 N–H and O–H groups in total. The Morgan fingerprint density at radius 3 is 2.70 bits per heavy atom. The van der Waals surface area contributed by atoms with Gasteiger partial charge in [0.05, 0.1) is 12.8 Å². The van der Waals surface area contributed by atoms with Crippen LogP contribution in [-0.2, 0) is 0 Å². The van der Waals surface area contributed by atoms with Crippen LogP contribution in [-0.4, -0.2) is 23.1 Å². The van der Waals surface area contributed by atoms with E-state index >= 15 is 0 Å². The van der Waals surface area contributed by atoms with E-state index in [1.54, 1.807) is 19.2 Å². The minimum atomic E-state index is 0.512. The predicted octanol–water partition coefficient (Wildman–Crippen LogP) is 4.55. The molecule has 1 saturated carbocycles. The molecule has 5 nitrogen and oxygen atoms in total. The summed E-state index contributed by atoms with van der Waals surface area (Å²) in [5.74, 6) is 2.09. The van der Waals surface area contributed by atoms with E-state index in [9.17, 15) is 0 Å². The first-order chi connectivity index (χ1) is 11.1.